The Hall–Kier alpha value is -4.19. The van der Waals surface area contributed by atoms with Gasteiger partial charge in [-0.3, -0.25) is 14.4 Å². The van der Waals surface area contributed by atoms with E-state index >= 15 is 0 Å². The summed E-state index contributed by atoms with van der Waals surface area (Å²) in [5.41, 5.74) is 0. The Balaban J connectivity index is 4.59. The number of unbranched alkanes of at least 4 members (excludes halogenated alkanes) is 11. The second-order valence-corrected chi connectivity index (χ2v) is 13.3. The summed E-state index contributed by atoms with van der Waals surface area (Å²) in [6, 6.07) is 0. The molecule has 0 bridgehead atoms. The maximum absolute atomic E-state index is 12.7. The van der Waals surface area contributed by atoms with Gasteiger partial charge in [0, 0.05) is 19.3 Å². The Bertz CT molecular complexity index is 1240. The number of ether oxygens (including phenoxy) is 3. The summed E-state index contributed by atoms with van der Waals surface area (Å²) in [7, 11) is 0. The molecule has 1 atom stereocenters. The van der Waals surface area contributed by atoms with E-state index in [1.807, 2.05) is 85.1 Å². The number of allylic oxidation sites excluding steroid dienone is 20. The van der Waals surface area contributed by atoms with E-state index in [0.29, 0.717) is 19.3 Å². The Morgan fingerprint density at radius 3 is 1.20 bits per heavy atom. The van der Waals surface area contributed by atoms with Crippen molar-refractivity contribution in [1.82, 2.24) is 0 Å². The van der Waals surface area contributed by atoms with E-state index < -0.39 is 6.10 Å². The van der Waals surface area contributed by atoms with Gasteiger partial charge in [0.1, 0.15) is 13.2 Å². The summed E-state index contributed by atoms with van der Waals surface area (Å²) < 4.78 is 16.5. The maximum Gasteiger partial charge on any atom is 0.306 e. The summed E-state index contributed by atoms with van der Waals surface area (Å²) in [4.78, 5) is 37.6. The van der Waals surface area contributed by atoms with Gasteiger partial charge in [-0.25, -0.2) is 0 Å². The van der Waals surface area contributed by atoms with Crippen molar-refractivity contribution in [2.45, 2.75) is 155 Å². The molecule has 0 saturated heterocycles. The van der Waals surface area contributed by atoms with Gasteiger partial charge in [0.15, 0.2) is 6.10 Å². The molecule has 0 radical (unpaired) electrons. The minimum Gasteiger partial charge on any atom is -0.462 e. The Morgan fingerprint density at radius 2 is 0.745 bits per heavy atom. The molecular formula is C49H74O6. The molecule has 6 heteroatoms. The van der Waals surface area contributed by atoms with Crippen LogP contribution >= 0.6 is 0 Å². The molecule has 0 amide bonds. The van der Waals surface area contributed by atoms with Crippen molar-refractivity contribution in [3.05, 3.63) is 122 Å². The molecule has 0 aromatic heterocycles. The second kappa shape index (κ2) is 42.6. The van der Waals surface area contributed by atoms with Crippen molar-refractivity contribution >= 4 is 17.9 Å². The van der Waals surface area contributed by atoms with Gasteiger partial charge in [0.25, 0.3) is 0 Å². The second-order valence-electron chi connectivity index (χ2n) is 13.3. The highest BCUT2D eigenvalue weighted by Crippen LogP contribution is 2.10. The highest BCUT2D eigenvalue weighted by atomic mass is 16.6. The molecule has 0 saturated carbocycles. The Kier molecular flexibility index (Phi) is 39.3. The van der Waals surface area contributed by atoms with Crippen molar-refractivity contribution in [3.63, 3.8) is 0 Å². The van der Waals surface area contributed by atoms with Gasteiger partial charge in [-0.2, -0.15) is 0 Å². The fourth-order valence-corrected chi connectivity index (χ4v) is 5.00. The van der Waals surface area contributed by atoms with Gasteiger partial charge in [0.05, 0.1) is 0 Å². The lowest BCUT2D eigenvalue weighted by atomic mass is 10.1. The van der Waals surface area contributed by atoms with Crippen LogP contribution in [0.2, 0.25) is 0 Å². The zero-order chi connectivity index (χ0) is 40.1. The average molecular weight is 759 g/mol. The predicted octanol–water partition coefficient (Wildman–Crippen LogP) is 13.4. The van der Waals surface area contributed by atoms with Crippen molar-refractivity contribution in [3.8, 4) is 0 Å². The quantitative estimate of drug-likeness (QED) is 0.0210. The lowest BCUT2D eigenvalue weighted by molar-refractivity contribution is -0.167. The van der Waals surface area contributed by atoms with Gasteiger partial charge in [0.2, 0.25) is 0 Å². The highest BCUT2D eigenvalue weighted by molar-refractivity contribution is 5.71. The van der Waals surface area contributed by atoms with Gasteiger partial charge in [-0.1, -0.05) is 174 Å². The highest BCUT2D eigenvalue weighted by Gasteiger charge is 2.19. The molecule has 306 valence electrons. The summed E-state index contributed by atoms with van der Waals surface area (Å²) in [5, 5.41) is 0. The molecule has 1 unspecified atom stereocenters. The molecule has 0 heterocycles. The van der Waals surface area contributed by atoms with E-state index in [-0.39, 0.29) is 44.0 Å². The van der Waals surface area contributed by atoms with Crippen LogP contribution < -0.4 is 0 Å². The van der Waals surface area contributed by atoms with E-state index in [1.54, 1.807) is 0 Å². The van der Waals surface area contributed by atoms with Crippen LogP contribution in [0.4, 0.5) is 0 Å². The molecule has 6 nitrogen and oxygen atoms in total. The fraction of sp³-hybridized carbons (Fsp3) is 0.531. The van der Waals surface area contributed by atoms with E-state index in [0.717, 1.165) is 70.6 Å². The number of rotatable bonds is 35. The molecule has 0 aromatic carbocycles. The number of hydrogen-bond donors (Lipinski definition) is 0. The standard InChI is InChI=1S/C49H74O6/c1-4-7-10-13-16-19-21-23-24-26-27-30-33-36-39-42-48(51)54-45-46(44-53-47(50)41-38-35-32-29-18-15-12-9-6-3)55-49(52)43-40-37-34-31-28-25-22-20-17-14-11-8-5-2/h7-8,10-11,13-14,16-17,19-29,32,46H,4-6,9,12,15,18,30-31,33-45H2,1-3H3/b10-7-,11-8-,16-13-,17-14-,21-19-,22-20-,24-23-,27-26-,28-25-,32-29-. The first-order chi connectivity index (χ1) is 27.0. The zero-order valence-corrected chi connectivity index (χ0v) is 34.6. The molecule has 0 spiro atoms. The van der Waals surface area contributed by atoms with Crippen molar-refractivity contribution in [2.75, 3.05) is 13.2 Å². The first-order valence-corrected chi connectivity index (χ1v) is 21.2. The lowest BCUT2D eigenvalue weighted by Gasteiger charge is -2.18. The van der Waals surface area contributed by atoms with Crippen LogP contribution in [0.5, 0.6) is 0 Å². The van der Waals surface area contributed by atoms with Crippen LogP contribution in [0.3, 0.4) is 0 Å². The van der Waals surface area contributed by atoms with Crippen LogP contribution in [0.15, 0.2) is 122 Å². The third-order valence-corrected chi connectivity index (χ3v) is 8.15. The topological polar surface area (TPSA) is 78.9 Å². The van der Waals surface area contributed by atoms with Crippen LogP contribution in [-0.2, 0) is 28.6 Å². The SMILES string of the molecule is CC\C=C/C=C\C=C/C=C\C=C/CCCCCC(=O)OCC(COC(=O)CCC/C=C\CCCCCC)OC(=O)CCCCC\C=C/C=C\C=C/C=C\CC. The molecular weight excluding hydrogens is 685 g/mol. The van der Waals surface area contributed by atoms with Gasteiger partial charge in [-0.15, -0.1) is 0 Å². The first kappa shape index (κ1) is 50.8. The summed E-state index contributed by atoms with van der Waals surface area (Å²) in [5.74, 6) is -1.06. The van der Waals surface area contributed by atoms with Gasteiger partial charge in [-0.05, 0) is 77.0 Å². The molecule has 0 N–H and O–H groups in total. The molecule has 0 aliphatic rings. The lowest BCUT2D eigenvalue weighted by Crippen LogP contribution is -2.30. The van der Waals surface area contributed by atoms with Crippen LogP contribution in [0, 0.1) is 0 Å². The van der Waals surface area contributed by atoms with Crippen molar-refractivity contribution in [1.29, 1.82) is 0 Å². The summed E-state index contributed by atoms with van der Waals surface area (Å²) in [6.45, 7) is 6.17. The minimum atomic E-state index is -0.827. The molecule has 0 rings (SSSR count). The largest absolute Gasteiger partial charge is 0.462 e. The normalized spacial score (nSPS) is 13.3. The van der Waals surface area contributed by atoms with Crippen LogP contribution in [0.1, 0.15) is 149 Å². The number of carbonyl (C=O) groups excluding carboxylic acids is 3. The number of carbonyl (C=O) groups is 3. The Labute approximate surface area is 335 Å². The van der Waals surface area contributed by atoms with E-state index in [4.69, 9.17) is 14.2 Å². The van der Waals surface area contributed by atoms with Crippen LogP contribution in [0.25, 0.3) is 0 Å². The Morgan fingerprint density at radius 1 is 0.382 bits per heavy atom. The van der Waals surface area contributed by atoms with Crippen molar-refractivity contribution in [2.24, 2.45) is 0 Å². The summed E-state index contributed by atoms with van der Waals surface area (Å²) in [6.07, 6.45) is 57.6. The minimum absolute atomic E-state index is 0.128. The van der Waals surface area contributed by atoms with Crippen LogP contribution in [-0.4, -0.2) is 37.2 Å². The molecule has 0 aliphatic heterocycles. The molecule has 0 fully saturated rings. The number of hydrogen-bond acceptors (Lipinski definition) is 6. The van der Waals surface area contributed by atoms with Crippen molar-refractivity contribution < 1.29 is 28.6 Å². The average Bonchev–Trinajstić information content (AvgIpc) is 3.18. The van der Waals surface area contributed by atoms with E-state index in [1.165, 1.54) is 25.7 Å². The molecule has 0 aromatic rings. The number of esters is 3. The van der Waals surface area contributed by atoms with E-state index in [2.05, 4.69) is 57.2 Å². The molecule has 0 aliphatic carbocycles. The third-order valence-electron chi connectivity index (χ3n) is 8.15. The fourth-order valence-electron chi connectivity index (χ4n) is 5.00. The first-order valence-electron chi connectivity index (χ1n) is 21.2. The maximum atomic E-state index is 12.7. The molecule has 55 heavy (non-hydrogen) atoms. The smallest absolute Gasteiger partial charge is 0.306 e. The monoisotopic (exact) mass is 759 g/mol. The van der Waals surface area contributed by atoms with Gasteiger partial charge < -0.3 is 14.2 Å². The summed E-state index contributed by atoms with van der Waals surface area (Å²) >= 11 is 0. The predicted molar refractivity (Wildman–Crippen MR) is 233 cm³/mol. The van der Waals surface area contributed by atoms with Gasteiger partial charge >= 0.3 is 17.9 Å². The zero-order valence-electron chi connectivity index (χ0n) is 34.6. The van der Waals surface area contributed by atoms with E-state index in [9.17, 15) is 14.4 Å². The third kappa shape index (κ3) is 40.8.